The topological polar surface area (TPSA) is 85.1 Å². The van der Waals surface area contributed by atoms with Crippen molar-refractivity contribution in [3.05, 3.63) is 39.6 Å². The van der Waals surface area contributed by atoms with Crippen LogP contribution in [0.1, 0.15) is 16.3 Å². The van der Waals surface area contributed by atoms with E-state index in [1.54, 1.807) is 5.38 Å². The van der Waals surface area contributed by atoms with Crippen molar-refractivity contribution in [1.29, 1.82) is 0 Å². The number of nitrogen functional groups attached to an aromatic ring is 1. The Labute approximate surface area is 120 Å². The summed E-state index contributed by atoms with van der Waals surface area (Å²) >= 11 is 1.42. The van der Waals surface area contributed by atoms with Crippen molar-refractivity contribution in [1.82, 2.24) is 9.71 Å². The maximum atomic E-state index is 13.9. The lowest BCUT2D eigenvalue weighted by Crippen LogP contribution is -2.24. The number of benzene rings is 1. The van der Waals surface area contributed by atoms with Gasteiger partial charge in [-0.1, -0.05) is 0 Å². The molecule has 0 spiro atoms. The third-order valence-electron chi connectivity index (χ3n) is 2.64. The standard InChI is InChI=1S/C12H14FN3O2S2/c1-7-3-9(14)4-11(12(7)13)20(17,18)15-5-10-6-19-8(2)16-10/h3-4,6,15H,5,14H2,1-2H3. The Hall–Kier alpha value is -1.51. The molecular weight excluding hydrogens is 301 g/mol. The number of anilines is 1. The molecule has 5 nitrogen and oxygen atoms in total. The van der Waals surface area contributed by atoms with Crippen LogP contribution in [0.25, 0.3) is 0 Å². The van der Waals surface area contributed by atoms with E-state index < -0.39 is 20.7 Å². The average Bonchev–Trinajstić information content (AvgIpc) is 2.77. The summed E-state index contributed by atoms with van der Waals surface area (Å²) in [5, 5.41) is 2.59. The van der Waals surface area contributed by atoms with Crippen molar-refractivity contribution in [3.8, 4) is 0 Å². The van der Waals surface area contributed by atoms with E-state index in [2.05, 4.69) is 9.71 Å². The number of hydrogen-bond donors (Lipinski definition) is 2. The van der Waals surface area contributed by atoms with Gasteiger partial charge in [-0.25, -0.2) is 22.5 Å². The molecule has 0 aliphatic heterocycles. The summed E-state index contributed by atoms with van der Waals surface area (Å²) < 4.78 is 40.5. The van der Waals surface area contributed by atoms with E-state index in [4.69, 9.17) is 5.73 Å². The molecule has 0 atom stereocenters. The summed E-state index contributed by atoms with van der Waals surface area (Å²) in [6.45, 7) is 3.30. The smallest absolute Gasteiger partial charge is 0.243 e. The number of nitrogens with zero attached hydrogens (tertiary/aromatic N) is 1. The Morgan fingerprint density at radius 1 is 1.40 bits per heavy atom. The van der Waals surface area contributed by atoms with Gasteiger partial charge in [-0.3, -0.25) is 0 Å². The second-order valence-corrected chi connectivity index (χ2v) is 7.13. The molecule has 0 bridgehead atoms. The van der Waals surface area contributed by atoms with Crippen LogP contribution in [0.5, 0.6) is 0 Å². The summed E-state index contributed by atoms with van der Waals surface area (Å²) in [6, 6.07) is 2.50. The van der Waals surface area contributed by atoms with Gasteiger partial charge in [-0.15, -0.1) is 11.3 Å². The van der Waals surface area contributed by atoms with Gasteiger partial charge < -0.3 is 5.73 Å². The van der Waals surface area contributed by atoms with Crippen LogP contribution >= 0.6 is 11.3 Å². The molecule has 0 aliphatic rings. The van der Waals surface area contributed by atoms with Crippen molar-refractivity contribution in [2.45, 2.75) is 25.3 Å². The highest BCUT2D eigenvalue weighted by Crippen LogP contribution is 2.21. The van der Waals surface area contributed by atoms with E-state index in [1.807, 2.05) is 6.92 Å². The number of sulfonamides is 1. The highest BCUT2D eigenvalue weighted by atomic mass is 32.2. The molecule has 1 heterocycles. The Bertz CT molecular complexity index is 741. The summed E-state index contributed by atoms with van der Waals surface area (Å²) in [5.41, 5.74) is 6.55. The SMILES string of the molecule is Cc1nc(CNS(=O)(=O)c2cc(N)cc(C)c2F)cs1. The zero-order chi connectivity index (χ0) is 14.9. The molecule has 0 unspecified atom stereocenters. The van der Waals surface area contributed by atoms with Crippen molar-refractivity contribution in [2.75, 3.05) is 5.73 Å². The Morgan fingerprint density at radius 2 is 2.10 bits per heavy atom. The quantitative estimate of drug-likeness (QED) is 0.845. The van der Waals surface area contributed by atoms with Gasteiger partial charge in [0.2, 0.25) is 10.0 Å². The van der Waals surface area contributed by atoms with Crippen LogP contribution in [0.2, 0.25) is 0 Å². The monoisotopic (exact) mass is 315 g/mol. The molecule has 20 heavy (non-hydrogen) atoms. The van der Waals surface area contributed by atoms with E-state index in [0.29, 0.717) is 5.69 Å². The summed E-state index contributed by atoms with van der Waals surface area (Å²) in [7, 11) is -3.97. The minimum atomic E-state index is -3.97. The van der Waals surface area contributed by atoms with Gasteiger partial charge in [0.05, 0.1) is 17.2 Å². The number of hydrogen-bond acceptors (Lipinski definition) is 5. The molecule has 1 aromatic heterocycles. The van der Waals surface area contributed by atoms with Gasteiger partial charge in [-0.2, -0.15) is 0 Å². The predicted octanol–water partition coefficient (Wildman–Crippen LogP) is 1.96. The fourth-order valence-corrected chi connectivity index (χ4v) is 3.49. The first-order chi connectivity index (χ1) is 9.29. The number of aromatic nitrogens is 1. The number of nitrogens with one attached hydrogen (secondary N) is 1. The summed E-state index contributed by atoms with van der Waals surface area (Å²) in [5.74, 6) is -0.791. The molecule has 108 valence electrons. The second-order valence-electron chi connectivity index (χ2n) is 4.33. The van der Waals surface area contributed by atoms with Gasteiger partial charge in [0.1, 0.15) is 10.7 Å². The maximum Gasteiger partial charge on any atom is 0.243 e. The third kappa shape index (κ3) is 3.14. The van der Waals surface area contributed by atoms with E-state index in [-0.39, 0.29) is 17.8 Å². The highest BCUT2D eigenvalue weighted by molar-refractivity contribution is 7.89. The third-order valence-corrected chi connectivity index (χ3v) is 4.87. The zero-order valence-electron chi connectivity index (χ0n) is 11.0. The summed E-state index contributed by atoms with van der Waals surface area (Å²) in [6.07, 6.45) is 0. The fourth-order valence-electron chi connectivity index (χ4n) is 1.70. The number of halogens is 1. The average molecular weight is 315 g/mol. The van der Waals surface area contributed by atoms with Crippen LogP contribution < -0.4 is 10.5 Å². The molecule has 0 saturated heterocycles. The normalized spacial score (nSPS) is 11.8. The lowest BCUT2D eigenvalue weighted by molar-refractivity contribution is 0.552. The summed E-state index contributed by atoms with van der Waals surface area (Å²) in [4.78, 5) is 3.70. The molecular formula is C12H14FN3O2S2. The van der Waals surface area contributed by atoms with Crippen LogP contribution in [0.3, 0.4) is 0 Å². The number of nitrogens with two attached hydrogens (primary N) is 1. The van der Waals surface area contributed by atoms with Crippen LogP contribution in [0.4, 0.5) is 10.1 Å². The molecule has 0 radical (unpaired) electrons. The van der Waals surface area contributed by atoms with Gasteiger partial charge >= 0.3 is 0 Å². The minimum Gasteiger partial charge on any atom is -0.399 e. The van der Waals surface area contributed by atoms with Gasteiger partial charge in [0.15, 0.2) is 0 Å². The van der Waals surface area contributed by atoms with E-state index in [0.717, 1.165) is 11.1 Å². The highest BCUT2D eigenvalue weighted by Gasteiger charge is 2.21. The molecule has 1 aromatic carbocycles. The van der Waals surface area contributed by atoms with Crippen LogP contribution in [-0.2, 0) is 16.6 Å². The second kappa shape index (κ2) is 5.47. The van der Waals surface area contributed by atoms with Crippen molar-refractivity contribution >= 4 is 27.0 Å². The first kappa shape index (κ1) is 14.9. The Balaban J connectivity index is 2.27. The zero-order valence-corrected chi connectivity index (χ0v) is 12.6. The molecule has 3 N–H and O–H groups in total. The predicted molar refractivity (Wildman–Crippen MR) is 76.4 cm³/mol. The molecule has 2 rings (SSSR count). The molecule has 0 amide bonds. The van der Waals surface area contributed by atoms with Gasteiger partial charge in [0, 0.05) is 11.1 Å². The van der Waals surface area contributed by atoms with Gasteiger partial charge in [-0.05, 0) is 31.5 Å². The molecule has 8 heteroatoms. The van der Waals surface area contributed by atoms with Crippen LogP contribution in [0, 0.1) is 19.7 Å². The van der Waals surface area contributed by atoms with E-state index in [9.17, 15) is 12.8 Å². The largest absolute Gasteiger partial charge is 0.399 e. The molecule has 0 fully saturated rings. The van der Waals surface area contributed by atoms with Crippen molar-refractivity contribution in [2.24, 2.45) is 0 Å². The molecule has 0 saturated carbocycles. The van der Waals surface area contributed by atoms with Crippen LogP contribution in [0.15, 0.2) is 22.4 Å². The fraction of sp³-hybridized carbons (Fsp3) is 0.250. The Kier molecular flexibility index (Phi) is 4.07. The Morgan fingerprint density at radius 3 is 2.70 bits per heavy atom. The molecule has 2 aromatic rings. The number of thiazole rings is 1. The maximum absolute atomic E-state index is 13.9. The minimum absolute atomic E-state index is 0.0138. The first-order valence-electron chi connectivity index (χ1n) is 5.76. The number of aryl methyl sites for hydroxylation is 2. The number of rotatable bonds is 4. The lowest BCUT2D eigenvalue weighted by atomic mass is 10.2. The lowest BCUT2D eigenvalue weighted by Gasteiger charge is -2.09. The van der Waals surface area contributed by atoms with Crippen molar-refractivity contribution < 1.29 is 12.8 Å². The van der Waals surface area contributed by atoms with Gasteiger partial charge in [0.25, 0.3) is 0 Å². The first-order valence-corrected chi connectivity index (χ1v) is 8.12. The molecule has 0 aliphatic carbocycles. The van der Waals surface area contributed by atoms with E-state index in [1.165, 1.54) is 24.3 Å². The van der Waals surface area contributed by atoms with Crippen LogP contribution in [-0.4, -0.2) is 13.4 Å². The van der Waals surface area contributed by atoms with E-state index >= 15 is 0 Å². The van der Waals surface area contributed by atoms with Crippen molar-refractivity contribution in [3.63, 3.8) is 0 Å².